The lowest BCUT2D eigenvalue weighted by molar-refractivity contribution is -0.142. The summed E-state index contributed by atoms with van der Waals surface area (Å²) in [5.74, 6) is -2.04. The number of amides is 1. The molecule has 0 aromatic rings. The van der Waals surface area contributed by atoms with Crippen LogP contribution < -0.4 is 11.1 Å². The maximum absolute atomic E-state index is 11.7. The van der Waals surface area contributed by atoms with Crippen LogP contribution >= 0.6 is 0 Å². The number of hydrogen-bond donors (Lipinski definition) is 4. The molecule has 0 spiro atoms. The van der Waals surface area contributed by atoms with Crippen molar-refractivity contribution in [2.24, 2.45) is 5.73 Å². The van der Waals surface area contributed by atoms with E-state index in [1.165, 1.54) is 0 Å². The molecule has 0 aliphatic rings. The predicted molar refractivity (Wildman–Crippen MR) is 82.4 cm³/mol. The zero-order valence-corrected chi connectivity index (χ0v) is 13.1. The number of carboxylic acids is 2. The quantitative estimate of drug-likeness (QED) is 0.359. The summed E-state index contributed by atoms with van der Waals surface area (Å²) in [6, 6.07) is -0.838. The molecule has 0 unspecified atom stereocenters. The van der Waals surface area contributed by atoms with Gasteiger partial charge in [0.05, 0.1) is 0 Å². The molecule has 7 nitrogen and oxygen atoms in total. The fourth-order valence-electron chi connectivity index (χ4n) is 2.11. The first-order valence-electron chi connectivity index (χ1n) is 7.91. The lowest BCUT2D eigenvalue weighted by atomic mass is 10.1. The van der Waals surface area contributed by atoms with E-state index in [1.54, 1.807) is 0 Å². The molecule has 0 saturated heterocycles. The third kappa shape index (κ3) is 12.1. The number of unbranched alkanes of at least 4 members (excludes halogenated alkanes) is 5. The van der Waals surface area contributed by atoms with E-state index in [9.17, 15) is 14.4 Å². The van der Waals surface area contributed by atoms with Gasteiger partial charge in [0.15, 0.2) is 0 Å². The Kier molecular flexibility index (Phi) is 12.1. The molecule has 0 aliphatic heterocycles. The third-order valence-corrected chi connectivity index (χ3v) is 3.37. The van der Waals surface area contributed by atoms with Crippen LogP contribution in [0.1, 0.15) is 64.2 Å². The van der Waals surface area contributed by atoms with Gasteiger partial charge < -0.3 is 21.3 Å². The molecule has 0 aliphatic carbocycles. The Morgan fingerprint density at radius 2 is 1.45 bits per heavy atom. The summed E-state index contributed by atoms with van der Waals surface area (Å²) >= 11 is 0. The summed E-state index contributed by atoms with van der Waals surface area (Å²) in [5, 5.41) is 20.1. The highest BCUT2D eigenvalue weighted by Crippen LogP contribution is 2.08. The van der Waals surface area contributed by atoms with Gasteiger partial charge in [-0.05, 0) is 38.6 Å². The van der Waals surface area contributed by atoms with E-state index in [2.05, 4.69) is 5.32 Å². The van der Waals surface area contributed by atoms with E-state index in [4.69, 9.17) is 15.9 Å². The van der Waals surface area contributed by atoms with Crippen molar-refractivity contribution in [2.45, 2.75) is 70.3 Å². The first-order chi connectivity index (χ1) is 10.5. The topological polar surface area (TPSA) is 130 Å². The van der Waals surface area contributed by atoms with Crippen LogP contribution in [0.2, 0.25) is 0 Å². The first-order valence-corrected chi connectivity index (χ1v) is 7.91. The molecule has 0 aromatic carbocycles. The van der Waals surface area contributed by atoms with Crippen LogP contribution in [-0.4, -0.2) is 40.6 Å². The van der Waals surface area contributed by atoms with Gasteiger partial charge >= 0.3 is 11.9 Å². The van der Waals surface area contributed by atoms with Gasteiger partial charge in [-0.2, -0.15) is 0 Å². The van der Waals surface area contributed by atoms with Crippen LogP contribution in [0.4, 0.5) is 0 Å². The summed E-state index contributed by atoms with van der Waals surface area (Å²) in [4.78, 5) is 33.1. The summed E-state index contributed by atoms with van der Waals surface area (Å²) in [7, 11) is 0. The van der Waals surface area contributed by atoms with Crippen LogP contribution in [-0.2, 0) is 14.4 Å². The molecule has 0 aromatic heterocycles. The molecule has 0 bridgehead atoms. The molecular formula is C15H28N2O5. The van der Waals surface area contributed by atoms with Gasteiger partial charge in [0.25, 0.3) is 0 Å². The number of carboxylic acid groups (broad SMARTS) is 2. The predicted octanol–water partition coefficient (Wildman–Crippen LogP) is 1.50. The zero-order chi connectivity index (χ0) is 16.8. The highest BCUT2D eigenvalue weighted by Gasteiger charge is 2.18. The number of aliphatic carboxylic acids is 2. The molecule has 0 rings (SSSR count). The van der Waals surface area contributed by atoms with Crippen molar-refractivity contribution in [3.8, 4) is 0 Å². The highest BCUT2D eigenvalue weighted by atomic mass is 16.4. The standard InChI is InChI=1S/C15H28N2O5/c16-11-7-6-8-12(15(21)22)17-13(18)9-4-2-1-3-5-10-14(19)20/h12H,1-11,16H2,(H,17,18)(H,19,20)(H,21,22)/t12-/m0/s1. The smallest absolute Gasteiger partial charge is 0.326 e. The minimum Gasteiger partial charge on any atom is -0.481 e. The second kappa shape index (κ2) is 13.1. The van der Waals surface area contributed by atoms with E-state index in [-0.39, 0.29) is 12.3 Å². The maximum Gasteiger partial charge on any atom is 0.326 e. The Labute approximate surface area is 131 Å². The van der Waals surface area contributed by atoms with Gasteiger partial charge in [-0.25, -0.2) is 4.79 Å². The Morgan fingerprint density at radius 3 is 2.00 bits per heavy atom. The molecule has 22 heavy (non-hydrogen) atoms. The fraction of sp³-hybridized carbons (Fsp3) is 0.800. The number of nitrogens with one attached hydrogen (secondary N) is 1. The molecule has 0 fully saturated rings. The largest absolute Gasteiger partial charge is 0.481 e. The summed E-state index contributed by atoms with van der Waals surface area (Å²) in [5.41, 5.74) is 5.36. The fourth-order valence-corrected chi connectivity index (χ4v) is 2.11. The molecule has 0 radical (unpaired) electrons. The van der Waals surface area contributed by atoms with Crippen molar-refractivity contribution in [3.05, 3.63) is 0 Å². The van der Waals surface area contributed by atoms with Crippen LogP contribution in [0, 0.1) is 0 Å². The van der Waals surface area contributed by atoms with Crippen molar-refractivity contribution in [3.63, 3.8) is 0 Å². The average Bonchev–Trinajstić information content (AvgIpc) is 2.44. The zero-order valence-electron chi connectivity index (χ0n) is 13.1. The Hall–Kier alpha value is -1.63. The minimum atomic E-state index is -1.01. The van der Waals surface area contributed by atoms with Crippen molar-refractivity contribution in [1.29, 1.82) is 0 Å². The van der Waals surface area contributed by atoms with Gasteiger partial charge in [0, 0.05) is 12.8 Å². The second-order valence-electron chi connectivity index (χ2n) is 5.40. The van der Waals surface area contributed by atoms with E-state index >= 15 is 0 Å². The molecule has 128 valence electrons. The van der Waals surface area contributed by atoms with Crippen molar-refractivity contribution in [1.82, 2.24) is 5.32 Å². The summed E-state index contributed by atoms with van der Waals surface area (Å²) < 4.78 is 0. The Bertz CT molecular complexity index is 347. The van der Waals surface area contributed by atoms with Gasteiger partial charge in [0.2, 0.25) is 5.91 Å². The third-order valence-electron chi connectivity index (χ3n) is 3.37. The van der Waals surface area contributed by atoms with Crippen molar-refractivity contribution < 1.29 is 24.6 Å². The lowest BCUT2D eigenvalue weighted by Gasteiger charge is -2.14. The van der Waals surface area contributed by atoms with Crippen molar-refractivity contribution in [2.75, 3.05) is 6.54 Å². The highest BCUT2D eigenvalue weighted by molar-refractivity contribution is 5.83. The van der Waals surface area contributed by atoms with Crippen LogP contribution in [0.5, 0.6) is 0 Å². The average molecular weight is 316 g/mol. The number of carbonyl (C=O) groups excluding carboxylic acids is 1. The van der Waals surface area contributed by atoms with Gasteiger partial charge in [0.1, 0.15) is 6.04 Å². The Morgan fingerprint density at radius 1 is 0.864 bits per heavy atom. The number of hydrogen-bond acceptors (Lipinski definition) is 4. The van der Waals surface area contributed by atoms with E-state index in [0.29, 0.717) is 38.6 Å². The summed E-state index contributed by atoms with van der Waals surface area (Å²) in [6.45, 7) is 0.516. The normalized spacial score (nSPS) is 11.9. The summed E-state index contributed by atoms with van der Waals surface area (Å²) in [6.07, 6.45) is 6.23. The van der Waals surface area contributed by atoms with Gasteiger partial charge in [-0.3, -0.25) is 9.59 Å². The van der Waals surface area contributed by atoms with Crippen LogP contribution in [0.15, 0.2) is 0 Å². The number of carbonyl (C=O) groups is 3. The molecule has 0 saturated carbocycles. The van der Waals surface area contributed by atoms with Crippen LogP contribution in [0.3, 0.4) is 0 Å². The monoisotopic (exact) mass is 316 g/mol. The molecular weight excluding hydrogens is 288 g/mol. The number of nitrogens with two attached hydrogens (primary N) is 1. The van der Waals surface area contributed by atoms with E-state index in [1.807, 2.05) is 0 Å². The maximum atomic E-state index is 11.7. The molecule has 1 atom stereocenters. The minimum absolute atomic E-state index is 0.184. The molecule has 1 amide bonds. The molecule has 5 N–H and O–H groups in total. The Balaban J connectivity index is 3.72. The van der Waals surface area contributed by atoms with Crippen molar-refractivity contribution >= 4 is 17.8 Å². The van der Waals surface area contributed by atoms with E-state index < -0.39 is 18.0 Å². The lowest BCUT2D eigenvalue weighted by Crippen LogP contribution is -2.40. The van der Waals surface area contributed by atoms with Gasteiger partial charge in [-0.1, -0.05) is 19.3 Å². The van der Waals surface area contributed by atoms with E-state index in [0.717, 1.165) is 25.7 Å². The van der Waals surface area contributed by atoms with Crippen LogP contribution in [0.25, 0.3) is 0 Å². The molecule has 0 heterocycles. The second-order valence-corrected chi connectivity index (χ2v) is 5.40. The first kappa shape index (κ1) is 20.4. The van der Waals surface area contributed by atoms with Gasteiger partial charge in [-0.15, -0.1) is 0 Å². The molecule has 7 heteroatoms. The SMILES string of the molecule is NCCCC[C@H](NC(=O)CCCCCCCC(=O)O)C(=O)O. The number of rotatable bonds is 14.